The summed E-state index contributed by atoms with van der Waals surface area (Å²) in [4.78, 5) is 2.47. The normalized spacial score (nSPS) is 16.5. The van der Waals surface area contributed by atoms with Crippen LogP contribution < -0.4 is 3.58 Å². The molecule has 0 spiro atoms. The summed E-state index contributed by atoms with van der Waals surface area (Å²) >= 11 is -2.35. The number of rotatable bonds is 15. The molecule has 0 bridgehead atoms. The SMILES string of the molecule is CCC[CH2][Sn]([CH2]CCC)([CH2]CCC)[c]1ccc(CC(O)CN2CCC(c3ccccc3)CC2)cc1. The zero-order valence-electron chi connectivity index (χ0n) is 22.9. The van der Waals surface area contributed by atoms with E-state index in [1.165, 1.54) is 75.8 Å². The van der Waals surface area contributed by atoms with Crippen LogP contribution in [-0.4, -0.2) is 54.1 Å². The second-order valence-electron chi connectivity index (χ2n) is 11.1. The Labute approximate surface area is 220 Å². The van der Waals surface area contributed by atoms with Gasteiger partial charge in [-0.05, 0) is 0 Å². The van der Waals surface area contributed by atoms with Gasteiger partial charge >= 0.3 is 191 Å². The molecule has 1 heterocycles. The fourth-order valence-corrected chi connectivity index (χ4v) is 22.1. The molecule has 1 aliphatic rings. The minimum absolute atomic E-state index is 0.275. The number of likely N-dealkylation sites (tertiary alicyclic amines) is 1. The third kappa shape index (κ3) is 8.90. The topological polar surface area (TPSA) is 23.5 Å². The maximum atomic E-state index is 10.9. The van der Waals surface area contributed by atoms with Crippen LogP contribution in [0.15, 0.2) is 54.6 Å². The Morgan fingerprint density at radius 2 is 1.34 bits per heavy atom. The van der Waals surface area contributed by atoms with Crippen LogP contribution in [-0.2, 0) is 6.42 Å². The summed E-state index contributed by atoms with van der Waals surface area (Å²) in [6.07, 6.45) is 11.1. The van der Waals surface area contributed by atoms with Crippen molar-refractivity contribution in [2.75, 3.05) is 19.6 Å². The van der Waals surface area contributed by atoms with E-state index in [1.54, 1.807) is 3.58 Å². The molecular formula is C32H51NOSn. The van der Waals surface area contributed by atoms with Gasteiger partial charge in [0, 0.05) is 0 Å². The van der Waals surface area contributed by atoms with Gasteiger partial charge in [0.15, 0.2) is 0 Å². The molecule has 0 radical (unpaired) electrons. The van der Waals surface area contributed by atoms with Crippen LogP contribution >= 0.6 is 0 Å². The van der Waals surface area contributed by atoms with Gasteiger partial charge < -0.3 is 0 Å². The Balaban J connectivity index is 1.56. The standard InChI is InChI=1S/C20H24NO.3C4H9.Sn/c22-20(15-17-7-3-1-4-8-17)16-21-13-11-19(12-14-21)18-9-5-2-6-10-18;3*1-3-4-2;/h2-10,19-20,22H,11-16H2;3*1,3-4H2,2H3;. The molecule has 1 atom stereocenters. The van der Waals surface area contributed by atoms with Crippen molar-refractivity contribution in [3.8, 4) is 0 Å². The molecule has 1 aliphatic heterocycles. The molecule has 1 unspecified atom stereocenters. The van der Waals surface area contributed by atoms with Crippen molar-refractivity contribution in [3.63, 3.8) is 0 Å². The molecule has 1 saturated heterocycles. The molecule has 2 nitrogen and oxygen atoms in total. The summed E-state index contributed by atoms with van der Waals surface area (Å²) in [7, 11) is 0. The number of unbranched alkanes of at least 4 members (excludes halogenated alkanes) is 3. The number of aliphatic hydroxyl groups is 1. The van der Waals surface area contributed by atoms with Crippen molar-refractivity contribution in [1.82, 2.24) is 4.90 Å². The summed E-state index contributed by atoms with van der Waals surface area (Å²) in [5.74, 6) is 0.678. The van der Waals surface area contributed by atoms with Crippen molar-refractivity contribution >= 4 is 22.0 Å². The van der Waals surface area contributed by atoms with Crippen LogP contribution in [0, 0.1) is 0 Å². The van der Waals surface area contributed by atoms with E-state index in [2.05, 4.69) is 80.3 Å². The minimum atomic E-state index is -2.35. The Bertz CT molecular complexity index is 791. The molecule has 3 rings (SSSR count). The van der Waals surface area contributed by atoms with E-state index in [9.17, 15) is 5.11 Å². The predicted octanol–water partition coefficient (Wildman–Crippen LogP) is 7.53. The second-order valence-corrected chi connectivity index (χ2v) is 24.4. The quantitative estimate of drug-likeness (QED) is 0.219. The van der Waals surface area contributed by atoms with Gasteiger partial charge in [-0.1, -0.05) is 30.3 Å². The molecule has 2 aromatic carbocycles. The first-order chi connectivity index (χ1) is 17.1. The zero-order chi connectivity index (χ0) is 24.9. The van der Waals surface area contributed by atoms with Gasteiger partial charge in [-0.3, -0.25) is 0 Å². The molecule has 0 aliphatic carbocycles. The van der Waals surface area contributed by atoms with Crippen molar-refractivity contribution in [2.24, 2.45) is 0 Å². The molecule has 2 aromatic rings. The van der Waals surface area contributed by atoms with Gasteiger partial charge in [0.2, 0.25) is 0 Å². The summed E-state index contributed by atoms with van der Waals surface area (Å²) in [5.41, 5.74) is 2.79. The van der Waals surface area contributed by atoms with E-state index < -0.39 is 18.4 Å². The first-order valence-electron chi connectivity index (χ1n) is 14.6. The number of piperidine rings is 1. The fraction of sp³-hybridized carbons (Fsp3) is 0.625. The number of hydrogen-bond donors (Lipinski definition) is 1. The van der Waals surface area contributed by atoms with Gasteiger partial charge in [-0.2, -0.15) is 0 Å². The van der Waals surface area contributed by atoms with Gasteiger partial charge in [0.1, 0.15) is 0 Å². The Morgan fingerprint density at radius 3 is 1.86 bits per heavy atom. The molecule has 0 saturated carbocycles. The Kier molecular flexibility index (Phi) is 12.7. The molecule has 1 fully saturated rings. The third-order valence-corrected chi connectivity index (χ3v) is 24.1. The van der Waals surface area contributed by atoms with Gasteiger partial charge in [0.05, 0.1) is 0 Å². The van der Waals surface area contributed by atoms with Crippen LogP contribution in [0.1, 0.15) is 89.2 Å². The number of nitrogens with zero attached hydrogens (tertiary/aromatic N) is 1. The molecule has 1 N–H and O–H groups in total. The maximum absolute atomic E-state index is 10.9. The Hall–Kier alpha value is -0.841. The second kappa shape index (κ2) is 15.4. The summed E-state index contributed by atoms with van der Waals surface area (Å²) < 4.78 is 6.31. The first-order valence-corrected chi connectivity index (χ1v) is 22.1. The Morgan fingerprint density at radius 1 is 0.800 bits per heavy atom. The van der Waals surface area contributed by atoms with Gasteiger partial charge in [0.25, 0.3) is 0 Å². The molecule has 0 aromatic heterocycles. The van der Waals surface area contributed by atoms with Crippen LogP contribution in [0.5, 0.6) is 0 Å². The van der Waals surface area contributed by atoms with Crippen LogP contribution in [0.25, 0.3) is 0 Å². The van der Waals surface area contributed by atoms with Crippen molar-refractivity contribution < 1.29 is 5.11 Å². The molecular weight excluding hydrogens is 533 g/mol. The zero-order valence-corrected chi connectivity index (χ0v) is 25.7. The number of aliphatic hydroxyl groups excluding tert-OH is 1. The van der Waals surface area contributed by atoms with Crippen molar-refractivity contribution in [1.29, 1.82) is 0 Å². The van der Waals surface area contributed by atoms with Gasteiger partial charge in [-0.15, -0.1) is 0 Å². The number of β-amino-alcohol motifs (C(OH)–C–C–N with tert-alkyl or cyclic N) is 1. The van der Waals surface area contributed by atoms with E-state index in [0.29, 0.717) is 5.92 Å². The third-order valence-electron chi connectivity index (χ3n) is 8.39. The summed E-state index contributed by atoms with van der Waals surface area (Å²) in [6.45, 7) is 10.0. The summed E-state index contributed by atoms with van der Waals surface area (Å²) in [6, 6.07) is 20.6. The van der Waals surface area contributed by atoms with Gasteiger partial charge in [-0.25, -0.2) is 0 Å². The molecule has 3 heteroatoms. The van der Waals surface area contributed by atoms with Crippen LogP contribution in [0.4, 0.5) is 0 Å². The average molecular weight is 584 g/mol. The van der Waals surface area contributed by atoms with E-state index in [4.69, 9.17) is 0 Å². The van der Waals surface area contributed by atoms with Crippen molar-refractivity contribution in [3.05, 3.63) is 65.7 Å². The molecule has 0 amide bonds. The monoisotopic (exact) mass is 585 g/mol. The average Bonchev–Trinajstić information content (AvgIpc) is 2.90. The van der Waals surface area contributed by atoms with Crippen LogP contribution in [0.2, 0.25) is 13.3 Å². The van der Waals surface area contributed by atoms with Crippen LogP contribution in [0.3, 0.4) is 0 Å². The predicted molar refractivity (Wildman–Crippen MR) is 156 cm³/mol. The van der Waals surface area contributed by atoms with E-state index in [0.717, 1.165) is 26.1 Å². The molecule has 35 heavy (non-hydrogen) atoms. The van der Waals surface area contributed by atoms with E-state index in [1.807, 2.05) is 0 Å². The van der Waals surface area contributed by atoms with Crippen molar-refractivity contribution in [2.45, 2.75) is 104 Å². The first kappa shape index (κ1) is 28.7. The molecule has 194 valence electrons. The van der Waals surface area contributed by atoms with E-state index >= 15 is 0 Å². The fourth-order valence-electron chi connectivity index (χ4n) is 6.16. The number of benzene rings is 2. The number of hydrogen-bond acceptors (Lipinski definition) is 2. The van der Waals surface area contributed by atoms with E-state index in [-0.39, 0.29) is 6.10 Å². The summed E-state index contributed by atoms with van der Waals surface area (Å²) in [5, 5.41) is 10.9.